The Morgan fingerprint density at radius 2 is 0.985 bits per heavy atom. The largest absolute Gasteiger partial charge is 0.756 e. The highest BCUT2D eigenvalue weighted by atomic mass is 31.2. The third kappa shape index (κ3) is 46.8. The van der Waals surface area contributed by atoms with Crippen molar-refractivity contribution in [2.75, 3.05) is 40.9 Å². The van der Waals surface area contributed by atoms with Crippen molar-refractivity contribution >= 4 is 19.7 Å². The SMILES string of the molecule is CCCCC/C=C/C=C/CCCCCCCCC(=O)NC(COP(=O)([O-])OCC[N+](C)(C)C)C(/C=C/CCCCCCCCCCCC)OC(=O)CC/C=C/C/C=C\CCCCCCCC. The summed E-state index contributed by atoms with van der Waals surface area (Å²) in [6.07, 6.45) is 56.2. The Kier molecular flexibility index (Phi) is 44.8. The first-order valence-corrected chi connectivity index (χ1v) is 28.6. The second kappa shape index (κ2) is 46.4. The lowest BCUT2D eigenvalue weighted by Crippen LogP contribution is -2.47. The number of unbranched alkanes of at least 4 members (excludes halogenated alkanes) is 25. The molecule has 0 aliphatic rings. The predicted molar refractivity (Wildman–Crippen MR) is 279 cm³/mol. The molecule has 0 bridgehead atoms. The Morgan fingerprint density at radius 1 is 0.545 bits per heavy atom. The van der Waals surface area contributed by atoms with E-state index in [-0.39, 0.29) is 18.9 Å². The molecule has 0 aromatic heterocycles. The fraction of sp³-hybridized carbons (Fsp3) is 0.786. The van der Waals surface area contributed by atoms with E-state index < -0.39 is 32.5 Å². The Balaban J connectivity index is 5.50. The topological polar surface area (TPSA) is 114 Å². The van der Waals surface area contributed by atoms with Gasteiger partial charge in [-0.25, -0.2) is 0 Å². The summed E-state index contributed by atoms with van der Waals surface area (Å²) < 4.78 is 30.1. The summed E-state index contributed by atoms with van der Waals surface area (Å²) in [5, 5.41) is 2.99. The zero-order valence-corrected chi connectivity index (χ0v) is 44.5. The number of rotatable bonds is 48. The lowest BCUT2D eigenvalue weighted by atomic mass is 10.0. The molecule has 0 spiro atoms. The summed E-state index contributed by atoms with van der Waals surface area (Å²) in [6.45, 7) is 6.74. The number of ether oxygens (including phenoxy) is 1. The molecule has 0 aliphatic carbocycles. The van der Waals surface area contributed by atoms with Crippen molar-refractivity contribution in [2.45, 2.75) is 245 Å². The van der Waals surface area contributed by atoms with Crippen LogP contribution in [-0.2, 0) is 27.9 Å². The lowest BCUT2D eigenvalue weighted by molar-refractivity contribution is -0.870. The van der Waals surface area contributed by atoms with Gasteiger partial charge in [0.2, 0.25) is 5.91 Å². The quantitative estimate of drug-likeness (QED) is 0.0161. The van der Waals surface area contributed by atoms with Gasteiger partial charge in [0, 0.05) is 12.8 Å². The van der Waals surface area contributed by atoms with Crippen LogP contribution < -0.4 is 10.2 Å². The maximum Gasteiger partial charge on any atom is 0.306 e. The van der Waals surface area contributed by atoms with E-state index in [2.05, 4.69) is 68.6 Å². The van der Waals surface area contributed by atoms with Gasteiger partial charge in [-0.2, -0.15) is 0 Å². The van der Waals surface area contributed by atoms with Crippen LogP contribution in [0.2, 0.25) is 0 Å². The Bertz CT molecular complexity index is 1320. The zero-order valence-electron chi connectivity index (χ0n) is 43.6. The molecule has 0 aromatic carbocycles. The molecule has 0 aliphatic heterocycles. The zero-order chi connectivity index (χ0) is 48.7. The number of nitrogens with one attached hydrogen (secondary N) is 1. The van der Waals surface area contributed by atoms with Gasteiger partial charge in [-0.05, 0) is 76.7 Å². The van der Waals surface area contributed by atoms with Crippen molar-refractivity contribution in [3.63, 3.8) is 0 Å². The number of phosphoric ester groups is 1. The average molecular weight is 947 g/mol. The molecule has 0 fully saturated rings. The highest BCUT2D eigenvalue weighted by Crippen LogP contribution is 2.38. The third-order valence-corrected chi connectivity index (χ3v) is 12.7. The van der Waals surface area contributed by atoms with Crippen LogP contribution >= 0.6 is 7.82 Å². The number of carbonyl (C=O) groups is 2. The highest BCUT2D eigenvalue weighted by molar-refractivity contribution is 7.45. The molecule has 1 N–H and O–H groups in total. The van der Waals surface area contributed by atoms with E-state index in [1.54, 1.807) is 6.08 Å². The van der Waals surface area contributed by atoms with Gasteiger partial charge in [0.1, 0.15) is 19.3 Å². The molecule has 1 amide bonds. The molecule has 0 heterocycles. The fourth-order valence-electron chi connectivity index (χ4n) is 7.45. The summed E-state index contributed by atoms with van der Waals surface area (Å²) >= 11 is 0. The van der Waals surface area contributed by atoms with E-state index in [0.29, 0.717) is 23.9 Å². The second-order valence-corrected chi connectivity index (χ2v) is 20.8. The number of quaternary nitrogens is 1. The highest BCUT2D eigenvalue weighted by Gasteiger charge is 2.27. The summed E-state index contributed by atoms with van der Waals surface area (Å²) in [4.78, 5) is 39.7. The molecule has 66 heavy (non-hydrogen) atoms. The number of carbonyl (C=O) groups excluding carboxylic acids is 2. The van der Waals surface area contributed by atoms with E-state index in [4.69, 9.17) is 13.8 Å². The van der Waals surface area contributed by atoms with Crippen LogP contribution in [0.5, 0.6) is 0 Å². The predicted octanol–water partition coefficient (Wildman–Crippen LogP) is 15.3. The molecular weight excluding hydrogens is 844 g/mol. The lowest BCUT2D eigenvalue weighted by Gasteiger charge is -2.30. The van der Waals surface area contributed by atoms with Crippen LogP contribution in [0.25, 0.3) is 0 Å². The fourth-order valence-corrected chi connectivity index (χ4v) is 8.17. The van der Waals surface area contributed by atoms with Gasteiger partial charge in [-0.1, -0.05) is 204 Å². The second-order valence-electron chi connectivity index (χ2n) is 19.4. The van der Waals surface area contributed by atoms with Crippen LogP contribution in [0, 0.1) is 0 Å². The Hall–Kier alpha value is -2.29. The summed E-state index contributed by atoms with van der Waals surface area (Å²) in [5.41, 5.74) is 0. The summed E-state index contributed by atoms with van der Waals surface area (Å²) in [5.74, 6) is -0.634. The Morgan fingerprint density at radius 3 is 1.52 bits per heavy atom. The first kappa shape index (κ1) is 63.7. The minimum absolute atomic E-state index is 0.0336. The smallest absolute Gasteiger partial charge is 0.306 e. The third-order valence-electron chi connectivity index (χ3n) is 11.7. The Labute approximate surface area is 407 Å². The molecule has 0 saturated heterocycles. The van der Waals surface area contributed by atoms with E-state index in [9.17, 15) is 19.0 Å². The minimum Gasteiger partial charge on any atom is -0.756 e. The van der Waals surface area contributed by atoms with E-state index >= 15 is 0 Å². The van der Waals surface area contributed by atoms with Crippen LogP contribution in [0.4, 0.5) is 0 Å². The van der Waals surface area contributed by atoms with Crippen LogP contribution in [0.3, 0.4) is 0 Å². The molecule has 0 aromatic rings. The molecule has 9 nitrogen and oxygen atoms in total. The van der Waals surface area contributed by atoms with Crippen LogP contribution in [-0.4, -0.2) is 69.4 Å². The van der Waals surface area contributed by atoms with Gasteiger partial charge in [-0.15, -0.1) is 0 Å². The van der Waals surface area contributed by atoms with Crippen LogP contribution in [0.1, 0.15) is 233 Å². The van der Waals surface area contributed by atoms with Crippen molar-refractivity contribution in [1.82, 2.24) is 5.32 Å². The van der Waals surface area contributed by atoms with Gasteiger partial charge < -0.3 is 28.5 Å². The van der Waals surface area contributed by atoms with Crippen molar-refractivity contribution in [1.29, 1.82) is 0 Å². The molecule has 384 valence electrons. The molecule has 0 rings (SSSR count). The maximum atomic E-state index is 13.4. The van der Waals surface area contributed by atoms with Crippen molar-refractivity contribution < 1.29 is 37.3 Å². The van der Waals surface area contributed by atoms with Crippen molar-refractivity contribution in [3.8, 4) is 0 Å². The normalized spacial score (nSPS) is 14.3. The van der Waals surface area contributed by atoms with Gasteiger partial charge in [-0.3, -0.25) is 14.2 Å². The first-order valence-electron chi connectivity index (χ1n) is 27.1. The number of hydrogen-bond donors (Lipinski definition) is 1. The van der Waals surface area contributed by atoms with Gasteiger partial charge in [0.05, 0.1) is 33.8 Å². The first-order chi connectivity index (χ1) is 31.9. The van der Waals surface area contributed by atoms with Crippen LogP contribution in [0.15, 0.2) is 60.8 Å². The van der Waals surface area contributed by atoms with Crippen molar-refractivity contribution in [2.24, 2.45) is 0 Å². The number of amides is 1. The number of phosphoric acid groups is 1. The van der Waals surface area contributed by atoms with E-state index in [1.807, 2.05) is 33.3 Å². The molecule has 3 unspecified atom stereocenters. The maximum absolute atomic E-state index is 13.4. The number of allylic oxidation sites excluding steroid dienone is 9. The van der Waals surface area contributed by atoms with Gasteiger partial charge >= 0.3 is 5.97 Å². The summed E-state index contributed by atoms with van der Waals surface area (Å²) in [7, 11) is 1.15. The summed E-state index contributed by atoms with van der Waals surface area (Å²) in [6, 6.07) is -0.916. The molecule has 0 radical (unpaired) electrons. The van der Waals surface area contributed by atoms with E-state index in [0.717, 1.165) is 83.5 Å². The van der Waals surface area contributed by atoms with Gasteiger partial charge in [0.15, 0.2) is 0 Å². The number of esters is 1. The monoisotopic (exact) mass is 947 g/mol. The minimum atomic E-state index is -4.70. The van der Waals surface area contributed by atoms with Gasteiger partial charge in [0.25, 0.3) is 7.82 Å². The standard InChI is InChI=1S/C56H103N2O7P/c1-7-10-13-16-19-22-25-28-29-31-33-36-39-42-45-48-55(59)57-53(52-64-66(61,62)63-51-50-58(4,5)6)54(47-44-41-38-35-32-27-24-21-18-15-12-9-3)65-56(60)49-46-43-40-37-34-30-26-23-20-17-14-11-8-2/h19,22,25,28,30,34,40,43-44,47,53-54H,7-18,20-21,23-24,26-27,29,31-33,35-39,41-42,45-46,48-52H2,1-6H3,(H-,57,59,61,62)/b22-19+,28-25+,34-30-,43-40+,47-44+. The molecule has 10 heteroatoms. The number of likely N-dealkylation sites (N-methyl/N-ethyl adjacent to an activating group) is 1. The molecule has 0 saturated carbocycles. The van der Waals surface area contributed by atoms with Crippen molar-refractivity contribution in [3.05, 3.63) is 60.8 Å². The molecule has 3 atom stereocenters. The number of hydrogen-bond acceptors (Lipinski definition) is 7. The van der Waals surface area contributed by atoms with E-state index in [1.165, 1.54) is 109 Å². The average Bonchev–Trinajstić information content (AvgIpc) is 3.27. The molecular formula is C56H103N2O7P. The number of nitrogens with zero attached hydrogens (tertiary/aromatic N) is 1.